The molecule has 5 heteroatoms. The third-order valence-electron chi connectivity index (χ3n) is 5.54. The van der Waals surface area contributed by atoms with Crippen molar-refractivity contribution in [2.45, 2.75) is 26.1 Å². The Morgan fingerprint density at radius 1 is 0.769 bits per heavy atom. The molecular formula is C21H24O5. The largest absolute Gasteiger partial charge is 0.493 e. The lowest BCUT2D eigenvalue weighted by Gasteiger charge is -2.18. The van der Waals surface area contributed by atoms with Gasteiger partial charge in [0, 0.05) is 0 Å². The van der Waals surface area contributed by atoms with Gasteiger partial charge in [-0.1, -0.05) is 26.0 Å². The van der Waals surface area contributed by atoms with Crippen molar-refractivity contribution in [3.63, 3.8) is 0 Å². The van der Waals surface area contributed by atoms with Gasteiger partial charge in [-0.2, -0.15) is 0 Å². The van der Waals surface area contributed by atoms with Gasteiger partial charge in [0.05, 0.1) is 26.4 Å². The van der Waals surface area contributed by atoms with Gasteiger partial charge in [0.2, 0.25) is 6.79 Å². The first-order valence-electron chi connectivity index (χ1n) is 8.89. The van der Waals surface area contributed by atoms with Gasteiger partial charge in [0.1, 0.15) is 0 Å². The van der Waals surface area contributed by atoms with Gasteiger partial charge in [0.25, 0.3) is 0 Å². The van der Waals surface area contributed by atoms with Crippen molar-refractivity contribution in [2.24, 2.45) is 11.8 Å². The summed E-state index contributed by atoms with van der Waals surface area (Å²) in [5.41, 5.74) is 2.22. The van der Waals surface area contributed by atoms with Gasteiger partial charge in [-0.15, -0.1) is 0 Å². The van der Waals surface area contributed by atoms with E-state index in [9.17, 15) is 0 Å². The molecule has 26 heavy (non-hydrogen) atoms. The molecule has 4 rings (SSSR count). The van der Waals surface area contributed by atoms with Crippen molar-refractivity contribution < 1.29 is 23.7 Å². The van der Waals surface area contributed by atoms with Crippen LogP contribution in [0.15, 0.2) is 36.4 Å². The lowest BCUT2D eigenvalue weighted by Crippen LogP contribution is -2.10. The molecule has 0 amide bonds. The van der Waals surface area contributed by atoms with Crippen LogP contribution in [0.2, 0.25) is 0 Å². The van der Waals surface area contributed by atoms with Gasteiger partial charge in [-0.3, -0.25) is 0 Å². The van der Waals surface area contributed by atoms with E-state index < -0.39 is 0 Å². The highest BCUT2D eigenvalue weighted by atomic mass is 16.7. The summed E-state index contributed by atoms with van der Waals surface area (Å²) < 4.78 is 28.2. The van der Waals surface area contributed by atoms with E-state index in [2.05, 4.69) is 26.0 Å². The topological polar surface area (TPSA) is 46.2 Å². The fourth-order valence-corrected chi connectivity index (χ4v) is 3.84. The summed E-state index contributed by atoms with van der Waals surface area (Å²) in [6.07, 6.45) is 0.0119. The van der Waals surface area contributed by atoms with E-state index in [-0.39, 0.29) is 19.0 Å². The normalized spacial score (nSPS) is 26.8. The number of methoxy groups -OCH3 is 2. The van der Waals surface area contributed by atoms with Gasteiger partial charge in [-0.05, 0) is 47.2 Å². The maximum Gasteiger partial charge on any atom is 0.231 e. The maximum atomic E-state index is 6.50. The third kappa shape index (κ3) is 2.76. The second-order valence-electron chi connectivity index (χ2n) is 6.92. The Labute approximate surface area is 153 Å². The van der Waals surface area contributed by atoms with E-state index in [1.54, 1.807) is 14.2 Å². The summed E-state index contributed by atoms with van der Waals surface area (Å²) in [4.78, 5) is 0. The van der Waals surface area contributed by atoms with Crippen LogP contribution in [0.3, 0.4) is 0 Å². The van der Waals surface area contributed by atoms with Crippen LogP contribution in [-0.4, -0.2) is 21.0 Å². The average molecular weight is 356 g/mol. The van der Waals surface area contributed by atoms with Crippen molar-refractivity contribution in [2.75, 3.05) is 21.0 Å². The van der Waals surface area contributed by atoms with E-state index in [1.165, 1.54) is 0 Å². The lowest BCUT2D eigenvalue weighted by molar-refractivity contribution is 0.0288. The highest BCUT2D eigenvalue weighted by Gasteiger charge is 2.41. The van der Waals surface area contributed by atoms with Gasteiger partial charge in [0.15, 0.2) is 23.0 Å². The fraction of sp³-hybridized carbons (Fsp3) is 0.429. The molecule has 2 aromatic carbocycles. The SMILES string of the molecule is COc1ccc([C@H]2O[C@@H](c3ccc4c(c3)OCO4)[C@@H](C)[C@@H]2C)cc1OC. The molecule has 2 aliphatic rings. The first kappa shape index (κ1) is 17.0. The van der Waals surface area contributed by atoms with Crippen LogP contribution in [-0.2, 0) is 4.74 Å². The van der Waals surface area contributed by atoms with E-state index in [4.69, 9.17) is 23.7 Å². The quantitative estimate of drug-likeness (QED) is 0.806. The van der Waals surface area contributed by atoms with E-state index in [0.717, 1.165) is 34.1 Å². The van der Waals surface area contributed by atoms with Crippen LogP contribution >= 0.6 is 0 Å². The lowest BCUT2D eigenvalue weighted by atomic mass is 9.85. The average Bonchev–Trinajstić information content (AvgIpc) is 3.25. The Bertz CT molecular complexity index is 803. The first-order chi connectivity index (χ1) is 12.6. The molecule has 1 fully saturated rings. The molecule has 138 valence electrons. The fourth-order valence-electron chi connectivity index (χ4n) is 3.84. The summed E-state index contributed by atoms with van der Waals surface area (Å²) in [6.45, 7) is 4.75. The monoisotopic (exact) mass is 356 g/mol. The summed E-state index contributed by atoms with van der Waals surface area (Å²) in [7, 11) is 3.29. The first-order valence-corrected chi connectivity index (χ1v) is 8.89. The molecule has 0 N–H and O–H groups in total. The number of rotatable bonds is 4. The zero-order valence-electron chi connectivity index (χ0n) is 15.5. The van der Waals surface area contributed by atoms with Gasteiger partial charge in [-0.25, -0.2) is 0 Å². The number of hydrogen-bond donors (Lipinski definition) is 0. The predicted octanol–water partition coefficient (Wildman–Crippen LogP) is 4.52. The Balaban J connectivity index is 1.62. The molecule has 2 aliphatic heterocycles. The Kier molecular flexibility index (Phi) is 4.41. The van der Waals surface area contributed by atoms with E-state index >= 15 is 0 Å². The smallest absolute Gasteiger partial charge is 0.231 e. The molecule has 2 aromatic rings. The summed E-state index contributed by atoms with van der Waals surface area (Å²) in [5, 5.41) is 0. The molecule has 4 atom stereocenters. The second kappa shape index (κ2) is 6.72. The Morgan fingerprint density at radius 2 is 1.38 bits per heavy atom. The zero-order chi connectivity index (χ0) is 18.3. The Hall–Kier alpha value is -2.40. The minimum absolute atomic E-state index is 0.000212. The van der Waals surface area contributed by atoms with E-state index in [1.807, 2.05) is 24.3 Å². The molecule has 0 spiro atoms. The molecule has 0 saturated carbocycles. The third-order valence-corrected chi connectivity index (χ3v) is 5.54. The zero-order valence-corrected chi connectivity index (χ0v) is 15.5. The number of fused-ring (bicyclic) bond motifs is 1. The van der Waals surface area contributed by atoms with Crippen molar-refractivity contribution in [1.29, 1.82) is 0 Å². The molecule has 0 bridgehead atoms. The van der Waals surface area contributed by atoms with Crippen LogP contribution in [0.4, 0.5) is 0 Å². The van der Waals surface area contributed by atoms with Crippen molar-refractivity contribution in [3.8, 4) is 23.0 Å². The number of hydrogen-bond acceptors (Lipinski definition) is 5. The van der Waals surface area contributed by atoms with Crippen molar-refractivity contribution >= 4 is 0 Å². The molecule has 0 radical (unpaired) electrons. The highest BCUT2D eigenvalue weighted by molar-refractivity contribution is 5.46. The van der Waals surface area contributed by atoms with Crippen LogP contribution in [0.1, 0.15) is 37.2 Å². The number of ether oxygens (including phenoxy) is 5. The van der Waals surface area contributed by atoms with Crippen LogP contribution in [0, 0.1) is 11.8 Å². The summed E-state index contributed by atoms with van der Waals surface area (Å²) >= 11 is 0. The molecule has 5 nitrogen and oxygen atoms in total. The van der Waals surface area contributed by atoms with Crippen molar-refractivity contribution in [1.82, 2.24) is 0 Å². The highest BCUT2D eigenvalue weighted by Crippen LogP contribution is 2.50. The Morgan fingerprint density at radius 3 is 2.08 bits per heavy atom. The molecule has 2 heterocycles. The van der Waals surface area contributed by atoms with E-state index in [0.29, 0.717) is 11.8 Å². The van der Waals surface area contributed by atoms with Crippen LogP contribution < -0.4 is 18.9 Å². The van der Waals surface area contributed by atoms with Gasteiger partial charge < -0.3 is 23.7 Å². The van der Waals surface area contributed by atoms with Crippen LogP contribution in [0.25, 0.3) is 0 Å². The summed E-state index contributed by atoms with van der Waals surface area (Å²) in [5.74, 6) is 3.77. The number of benzene rings is 2. The molecule has 0 aliphatic carbocycles. The molecule has 1 saturated heterocycles. The predicted molar refractivity (Wildman–Crippen MR) is 97.0 cm³/mol. The summed E-state index contributed by atoms with van der Waals surface area (Å²) in [6, 6.07) is 12.1. The van der Waals surface area contributed by atoms with Crippen LogP contribution in [0.5, 0.6) is 23.0 Å². The minimum atomic E-state index is 0.000212. The maximum absolute atomic E-state index is 6.50. The standard InChI is InChI=1S/C21H24O5/c1-12-13(2)21(15-6-8-17-19(10-15)25-11-24-17)26-20(12)14-5-7-16(22-3)18(9-14)23-4/h5-10,12-13,20-21H,11H2,1-4H3/t12-,13-,20-,21+/m0/s1. The minimum Gasteiger partial charge on any atom is -0.493 e. The molecule has 0 aromatic heterocycles. The van der Waals surface area contributed by atoms with Crippen molar-refractivity contribution in [3.05, 3.63) is 47.5 Å². The second-order valence-corrected chi connectivity index (χ2v) is 6.92. The molecule has 0 unspecified atom stereocenters. The molecular weight excluding hydrogens is 332 g/mol. The van der Waals surface area contributed by atoms with Gasteiger partial charge >= 0.3 is 0 Å².